The van der Waals surface area contributed by atoms with Gasteiger partial charge >= 0.3 is 0 Å². The summed E-state index contributed by atoms with van der Waals surface area (Å²) in [7, 11) is -3.74. The van der Waals surface area contributed by atoms with Crippen LogP contribution in [-0.4, -0.2) is 44.3 Å². The zero-order valence-corrected chi connectivity index (χ0v) is 20.8. The minimum absolute atomic E-state index is 0.0419. The zero-order chi connectivity index (χ0) is 24.5. The molecule has 8 heteroatoms. The number of nitrogens with one attached hydrogen (secondary N) is 2. The van der Waals surface area contributed by atoms with Crippen molar-refractivity contribution in [2.24, 2.45) is 5.92 Å². The van der Waals surface area contributed by atoms with Gasteiger partial charge in [-0.2, -0.15) is 0 Å². The summed E-state index contributed by atoms with van der Waals surface area (Å²) in [5.41, 5.74) is 1.85. The number of anilines is 1. The molecular formula is C26H33N3O4S. The first-order chi connectivity index (χ1) is 16.0. The standard InChI is InChI=1S/C26H33N3O4S/c1-26(2,3)20-8-14-23(15-9-20)34(32,33)28-22-10-6-18(7-11-22)25(31)29-16-4-5-19(17-29)24(30)27-21-12-13-21/h6-11,14-15,19,21,28H,4-5,12-13,16-17H2,1-3H3,(H,27,30). The van der Waals surface area contributed by atoms with Gasteiger partial charge in [-0.15, -0.1) is 0 Å². The second-order valence-electron chi connectivity index (χ2n) is 10.3. The predicted molar refractivity (Wildman–Crippen MR) is 132 cm³/mol. The molecule has 2 aliphatic rings. The molecule has 1 unspecified atom stereocenters. The van der Waals surface area contributed by atoms with E-state index in [0.29, 0.717) is 30.4 Å². The second kappa shape index (κ2) is 9.41. The summed E-state index contributed by atoms with van der Waals surface area (Å²) in [6, 6.07) is 13.6. The summed E-state index contributed by atoms with van der Waals surface area (Å²) in [6.07, 6.45) is 3.67. The van der Waals surface area contributed by atoms with Crippen LogP contribution in [0.2, 0.25) is 0 Å². The van der Waals surface area contributed by atoms with E-state index in [1.54, 1.807) is 41.3 Å². The molecule has 7 nitrogen and oxygen atoms in total. The van der Waals surface area contributed by atoms with Gasteiger partial charge in [0.15, 0.2) is 0 Å². The van der Waals surface area contributed by atoms with Crippen molar-refractivity contribution < 1.29 is 18.0 Å². The van der Waals surface area contributed by atoms with Crippen molar-refractivity contribution in [2.75, 3.05) is 17.8 Å². The predicted octanol–water partition coefficient (Wildman–Crippen LogP) is 3.92. The lowest BCUT2D eigenvalue weighted by molar-refractivity contribution is -0.126. The molecule has 1 heterocycles. The van der Waals surface area contributed by atoms with Crippen LogP contribution in [-0.2, 0) is 20.2 Å². The monoisotopic (exact) mass is 483 g/mol. The Hall–Kier alpha value is -2.87. The normalized spacial score (nSPS) is 18.9. The first-order valence-electron chi connectivity index (χ1n) is 11.9. The number of rotatable bonds is 6. The van der Waals surface area contributed by atoms with Crippen molar-refractivity contribution >= 4 is 27.5 Å². The molecule has 2 fully saturated rings. The van der Waals surface area contributed by atoms with Gasteiger partial charge in [-0.05, 0) is 73.1 Å². The van der Waals surface area contributed by atoms with E-state index in [0.717, 1.165) is 31.2 Å². The van der Waals surface area contributed by atoms with Gasteiger partial charge in [-0.3, -0.25) is 14.3 Å². The minimum atomic E-state index is -3.74. The summed E-state index contributed by atoms with van der Waals surface area (Å²) >= 11 is 0. The first-order valence-corrected chi connectivity index (χ1v) is 13.3. The Morgan fingerprint density at radius 2 is 1.59 bits per heavy atom. The smallest absolute Gasteiger partial charge is 0.261 e. The molecule has 34 heavy (non-hydrogen) atoms. The van der Waals surface area contributed by atoms with Gasteiger partial charge < -0.3 is 10.2 Å². The highest BCUT2D eigenvalue weighted by atomic mass is 32.2. The number of sulfonamides is 1. The van der Waals surface area contributed by atoms with Gasteiger partial charge in [-0.1, -0.05) is 32.9 Å². The van der Waals surface area contributed by atoms with E-state index < -0.39 is 10.0 Å². The molecule has 0 bridgehead atoms. The van der Waals surface area contributed by atoms with Crippen molar-refractivity contribution in [3.63, 3.8) is 0 Å². The zero-order valence-electron chi connectivity index (χ0n) is 20.0. The Morgan fingerprint density at radius 3 is 2.18 bits per heavy atom. The molecule has 2 N–H and O–H groups in total. The Morgan fingerprint density at radius 1 is 0.941 bits per heavy atom. The highest BCUT2D eigenvalue weighted by Crippen LogP contribution is 2.25. The number of nitrogens with zero attached hydrogens (tertiary/aromatic N) is 1. The number of benzene rings is 2. The Bertz CT molecular complexity index is 1150. The molecular weight excluding hydrogens is 450 g/mol. The van der Waals surface area contributed by atoms with E-state index in [4.69, 9.17) is 0 Å². The summed E-state index contributed by atoms with van der Waals surface area (Å²) in [5.74, 6) is -0.273. The molecule has 0 radical (unpaired) electrons. The van der Waals surface area contributed by atoms with E-state index in [-0.39, 0.29) is 28.0 Å². The fourth-order valence-corrected chi connectivity index (χ4v) is 5.19. The van der Waals surface area contributed by atoms with Gasteiger partial charge in [-0.25, -0.2) is 8.42 Å². The van der Waals surface area contributed by atoms with Crippen LogP contribution in [0.5, 0.6) is 0 Å². The van der Waals surface area contributed by atoms with E-state index >= 15 is 0 Å². The highest BCUT2D eigenvalue weighted by Gasteiger charge is 2.32. The molecule has 1 aliphatic carbocycles. The molecule has 1 saturated heterocycles. The third-order valence-corrected chi connectivity index (χ3v) is 7.82. The number of likely N-dealkylation sites (tertiary alicyclic amines) is 1. The molecule has 0 spiro atoms. The number of hydrogen-bond donors (Lipinski definition) is 2. The van der Waals surface area contributed by atoms with E-state index in [1.165, 1.54) is 0 Å². The third-order valence-electron chi connectivity index (χ3n) is 6.42. The summed E-state index contributed by atoms with van der Waals surface area (Å²) in [4.78, 5) is 27.3. The number of carbonyl (C=O) groups is 2. The SMILES string of the molecule is CC(C)(C)c1ccc(S(=O)(=O)Nc2ccc(C(=O)N3CCCC(C(=O)NC4CC4)C3)cc2)cc1. The van der Waals surface area contributed by atoms with Gasteiger partial charge in [0.05, 0.1) is 10.8 Å². The van der Waals surface area contributed by atoms with Crippen LogP contribution in [0, 0.1) is 5.92 Å². The number of piperidine rings is 1. The first kappa shape index (κ1) is 24.3. The maximum atomic E-state index is 13.0. The average molecular weight is 484 g/mol. The van der Waals surface area contributed by atoms with E-state index in [1.807, 2.05) is 12.1 Å². The average Bonchev–Trinajstić information content (AvgIpc) is 3.62. The molecule has 0 aromatic heterocycles. The van der Waals surface area contributed by atoms with Crippen LogP contribution >= 0.6 is 0 Å². The highest BCUT2D eigenvalue weighted by molar-refractivity contribution is 7.92. The lowest BCUT2D eigenvalue weighted by atomic mass is 9.87. The van der Waals surface area contributed by atoms with Crippen molar-refractivity contribution in [2.45, 2.75) is 62.8 Å². The Balaban J connectivity index is 1.39. The molecule has 2 aromatic rings. The Kier molecular flexibility index (Phi) is 6.71. The quantitative estimate of drug-likeness (QED) is 0.651. The topological polar surface area (TPSA) is 95.6 Å². The van der Waals surface area contributed by atoms with Gasteiger partial charge in [0.2, 0.25) is 5.91 Å². The van der Waals surface area contributed by atoms with Crippen LogP contribution in [0.4, 0.5) is 5.69 Å². The molecule has 182 valence electrons. The number of carbonyl (C=O) groups excluding carboxylic acids is 2. The molecule has 1 atom stereocenters. The molecule has 1 saturated carbocycles. The van der Waals surface area contributed by atoms with Crippen molar-refractivity contribution in [1.82, 2.24) is 10.2 Å². The number of hydrogen-bond acceptors (Lipinski definition) is 4. The van der Waals surface area contributed by atoms with Crippen molar-refractivity contribution in [3.05, 3.63) is 59.7 Å². The molecule has 2 aromatic carbocycles. The summed E-state index contributed by atoms with van der Waals surface area (Å²) in [6.45, 7) is 7.25. The van der Waals surface area contributed by atoms with E-state index in [9.17, 15) is 18.0 Å². The fraction of sp³-hybridized carbons (Fsp3) is 0.462. The fourth-order valence-electron chi connectivity index (χ4n) is 4.13. The van der Waals surface area contributed by atoms with Gasteiger partial charge in [0, 0.05) is 30.4 Å². The minimum Gasteiger partial charge on any atom is -0.353 e. The largest absolute Gasteiger partial charge is 0.353 e. The van der Waals surface area contributed by atoms with E-state index in [2.05, 4.69) is 30.8 Å². The summed E-state index contributed by atoms with van der Waals surface area (Å²) in [5, 5.41) is 3.03. The second-order valence-corrected chi connectivity index (χ2v) is 12.0. The maximum Gasteiger partial charge on any atom is 0.261 e. The molecule has 2 amide bonds. The van der Waals surface area contributed by atoms with Crippen LogP contribution in [0.1, 0.15) is 62.4 Å². The van der Waals surface area contributed by atoms with Gasteiger partial charge in [0.25, 0.3) is 15.9 Å². The molecule has 1 aliphatic heterocycles. The van der Waals surface area contributed by atoms with Crippen LogP contribution in [0.15, 0.2) is 53.4 Å². The summed E-state index contributed by atoms with van der Waals surface area (Å²) < 4.78 is 28.1. The third kappa shape index (κ3) is 5.78. The molecule has 4 rings (SSSR count). The van der Waals surface area contributed by atoms with Crippen LogP contribution < -0.4 is 10.0 Å². The van der Waals surface area contributed by atoms with Gasteiger partial charge in [0.1, 0.15) is 0 Å². The van der Waals surface area contributed by atoms with Crippen molar-refractivity contribution in [1.29, 1.82) is 0 Å². The number of amides is 2. The van der Waals surface area contributed by atoms with Crippen LogP contribution in [0.3, 0.4) is 0 Å². The Labute approximate surface area is 202 Å². The van der Waals surface area contributed by atoms with Crippen LogP contribution in [0.25, 0.3) is 0 Å². The lowest BCUT2D eigenvalue weighted by Crippen LogP contribution is -2.45. The van der Waals surface area contributed by atoms with Crippen molar-refractivity contribution in [3.8, 4) is 0 Å². The maximum absolute atomic E-state index is 13.0. The lowest BCUT2D eigenvalue weighted by Gasteiger charge is -2.32.